The first kappa shape index (κ1) is 13.1. The third-order valence-electron chi connectivity index (χ3n) is 3.20. The van der Waals surface area contributed by atoms with Crippen molar-refractivity contribution in [1.82, 2.24) is 0 Å². The molecule has 0 aromatic heterocycles. The van der Waals surface area contributed by atoms with Crippen molar-refractivity contribution >= 4 is 21.3 Å². The molecule has 0 saturated heterocycles. The highest BCUT2D eigenvalue weighted by molar-refractivity contribution is 7.92. The third-order valence-corrected chi connectivity index (χ3v) is 3.77. The summed E-state index contributed by atoms with van der Waals surface area (Å²) >= 11 is 0. The van der Waals surface area contributed by atoms with Crippen molar-refractivity contribution in [2.45, 2.75) is 32.6 Å². The van der Waals surface area contributed by atoms with Crippen LogP contribution in [-0.4, -0.2) is 14.7 Å². The van der Waals surface area contributed by atoms with E-state index in [1.807, 2.05) is 25.1 Å². The van der Waals surface area contributed by atoms with Gasteiger partial charge in [0.2, 0.25) is 10.0 Å². The Hall–Kier alpha value is -1.29. The molecule has 0 saturated carbocycles. The van der Waals surface area contributed by atoms with E-state index in [4.69, 9.17) is 0 Å². The molecule has 0 atom stereocenters. The monoisotopic (exact) mass is 265 g/mol. The number of para-hydroxylation sites is 1. The minimum atomic E-state index is -3.24. The minimum Gasteiger partial charge on any atom is -0.283 e. The van der Waals surface area contributed by atoms with Crippen LogP contribution < -0.4 is 4.72 Å². The maximum Gasteiger partial charge on any atom is 0.229 e. The van der Waals surface area contributed by atoms with Gasteiger partial charge in [0.1, 0.15) is 0 Å². The van der Waals surface area contributed by atoms with Crippen molar-refractivity contribution in [3.05, 3.63) is 35.4 Å². The van der Waals surface area contributed by atoms with E-state index in [1.54, 1.807) is 0 Å². The molecule has 0 unspecified atom stereocenters. The molecule has 2 rings (SSSR count). The topological polar surface area (TPSA) is 46.2 Å². The Morgan fingerprint density at radius 3 is 2.61 bits per heavy atom. The van der Waals surface area contributed by atoms with Crippen molar-refractivity contribution < 1.29 is 8.42 Å². The highest BCUT2D eigenvalue weighted by Crippen LogP contribution is 2.33. The van der Waals surface area contributed by atoms with E-state index in [-0.39, 0.29) is 0 Å². The number of benzene rings is 1. The molecule has 0 heterocycles. The van der Waals surface area contributed by atoms with Gasteiger partial charge in [-0.25, -0.2) is 8.42 Å². The number of hydrogen-bond donors (Lipinski definition) is 1. The van der Waals surface area contributed by atoms with Crippen LogP contribution in [0, 0.1) is 6.92 Å². The first-order valence-corrected chi connectivity index (χ1v) is 8.13. The summed E-state index contributed by atoms with van der Waals surface area (Å²) in [7, 11) is -3.24. The lowest BCUT2D eigenvalue weighted by Crippen LogP contribution is -2.12. The van der Waals surface area contributed by atoms with Gasteiger partial charge in [0.15, 0.2) is 0 Å². The Labute approximate surface area is 109 Å². The minimum absolute atomic E-state index is 0.730. The molecule has 18 heavy (non-hydrogen) atoms. The molecular formula is C14H19NO2S. The van der Waals surface area contributed by atoms with Gasteiger partial charge in [-0.1, -0.05) is 24.3 Å². The second-order valence-corrected chi connectivity index (χ2v) is 6.60. The maximum absolute atomic E-state index is 11.5. The van der Waals surface area contributed by atoms with Crippen molar-refractivity contribution in [3.8, 4) is 0 Å². The number of rotatable bonds is 3. The van der Waals surface area contributed by atoms with Crippen LogP contribution in [0.3, 0.4) is 0 Å². The molecule has 1 aromatic rings. The Morgan fingerprint density at radius 1 is 1.22 bits per heavy atom. The van der Waals surface area contributed by atoms with Crippen LogP contribution in [-0.2, 0) is 10.0 Å². The predicted molar refractivity (Wildman–Crippen MR) is 76.1 cm³/mol. The summed E-state index contributed by atoms with van der Waals surface area (Å²) in [6.07, 6.45) is 7.94. The second-order valence-electron chi connectivity index (χ2n) is 4.85. The van der Waals surface area contributed by atoms with Crippen LogP contribution in [0.25, 0.3) is 5.57 Å². The zero-order valence-corrected chi connectivity index (χ0v) is 11.7. The van der Waals surface area contributed by atoms with Crippen LogP contribution in [0.2, 0.25) is 0 Å². The average molecular weight is 265 g/mol. The Bertz CT molecular complexity index is 573. The normalized spacial score (nSPS) is 16.2. The van der Waals surface area contributed by atoms with E-state index < -0.39 is 10.0 Å². The van der Waals surface area contributed by atoms with E-state index in [9.17, 15) is 8.42 Å². The zero-order valence-electron chi connectivity index (χ0n) is 10.9. The highest BCUT2D eigenvalue weighted by atomic mass is 32.2. The summed E-state index contributed by atoms with van der Waals surface area (Å²) in [6.45, 7) is 1.93. The Balaban J connectivity index is 2.47. The number of sulfonamides is 1. The number of anilines is 1. The van der Waals surface area contributed by atoms with Gasteiger partial charge < -0.3 is 0 Å². The molecule has 3 nitrogen and oxygen atoms in total. The number of hydrogen-bond acceptors (Lipinski definition) is 2. The molecular weight excluding hydrogens is 246 g/mol. The van der Waals surface area contributed by atoms with Crippen LogP contribution in [0.15, 0.2) is 24.3 Å². The molecule has 1 aromatic carbocycles. The molecule has 0 radical (unpaired) electrons. The molecule has 4 heteroatoms. The molecule has 0 spiro atoms. The summed E-state index contributed by atoms with van der Waals surface area (Å²) in [5.74, 6) is 0. The van der Waals surface area contributed by atoms with Crippen molar-refractivity contribution in [1.29, 1.82) is 0 Å². The van der Waals surface area contributed by atoms with Crippen LogP contribution in [0.4, 0.5) is 5.69 Å². The van der Waals surface area contributed by atoms with Gasteiger partial charge in [0.25, 0.3) is 0 Å². The van der Waals surface area contributed by atoms with Gasteiger partial charge in [0, 0.05) is 5.56 Å². The molecule has 1 aliphatic carbocycles. The molecule has 0 aliphatic heterocycles. The van der Waals surface area contributed by atoms with E-state index in [0.29, 0.717) is 0 Å². The molecule has 0 amide bonds. The van der Waals surface area contributed by atoms with Crippen LogP contribution in [0.5, 0.6) is 0 Å². The largest absolute Gasteiger partial charge is 0.283 e. The fourth-order valence-corrected chi connectivity index (χ4v) is 2.98. The van der Waals surface area contributed by atoms with E-state index in [0.717, 1.165) is 29.7 Å². The van der Waals surface area contributed by atoms with Crippen LogP contribution >= 0.6 is 0 Å². The Morgan fingerprint density at radius 2 is 2.00 bits per heavy atom. The summed E-state index contributed by atoms with van der Waals surface area (Å²) in [4.78, 5) is 0. The third kappa shape index (κ3) is 3.13. The van der Waals surface area contributed by atoms with Crippen molar-refractivity contribution in [3.63, 3.8) is 0 Å². The first-order valence-electron chi connectivity index (χ1n) is 6.24. The summed E-state index contributed by atoms with van der Waals surface area (Å²) in [6, 6.07) is 5.91. The Kier molecular flexibility index (Phi) is 3.76. The molecule has 1 aliphatic rings. The average Bonchev–Trinajstić information content (AvgIpc) is 2.31. The van der Waals surface area contributed by atoms with Gasteiger partial charge in [-0.05, 0) is 43.7 Å². The highest BCUT2D eigenvalue weighted by Gasteiger charge is 2.14. The number of allylic oxidation sites excluding steroid dienone is 2. The number of nitrogens with one attached hydrogen (secondary N) is 1. The van der Waals surface area contributed by atoms with Gasteiger partial charge in [-0.3, -0.25) is 4.72 Å². The van der Waals surface area contributed by atoms with Crippen molar-refractivity contribution in [2.75, 3.05) is 11.0 Å². The van der Waals surface area contributed by atoms with Crippen molar-refractivity contribution in [2.24, 2.45) is 0 Å². The quantitative estimate of drug-likeness (QED) is 0.911. The molecule has 0 bridgehead atoms. The van der Waals surface area contributed by atoms with E-state index >= 15 is 0 Å². The maximum atomic E-state index is 11.5. The van der Waals surface area contributed by atoms with E-state index in [1.165, 1.54) is 24.7 Å². The summed E-state index contributed by atoms with van der Waals surface area (Å²) < 4.78 is 25.6. The van der Waals surface area contributed by atoms with E-state index in [2.05, 4.69) is 10.8 Å². The zero-order chi connectivity index (χ0) is 13.2. The lowest BCUT2D eigenvalue weighted by molar-refractivity contribution is 0.606. The SMILES string of the molecule is Cc1cccc(C2=CCCCC2)c1NS(C)(=O)=O. The second kappa shape index (κ2) is 5.14. The van der Waals surface area contributed by atoms with Gasteiger partial charge in [-0.15, -0.1) is 0 Å². The fourth-order valence-electron chi connectivity index (χ4n) is 2.34. The molecule has 1 N–H and O–H groups in total. The lowest BCUT2D eigenvalue weighted by Gasteiger charge is -2.18. The molecule has 98 valence electrons. The fraction of sp³-hybridized carbons (Fsp3) is 0.429. The summed E-state index contributed by atoms with van der Waals surface area (Å²) in [5, 5.41) is 0. The first-order chi connectivity index (χ1) is 8.47. The van der Waals surface area contributed by atoms with Crippen LogP contribution in [0.1, 0.15) is 36.8 Å². The van der Waals surface area contributed by atoms with Gasteiger partial charge >= 0.3 is 0 Å². The molecule has 0 fully saturated rings. The van der Waals surface area contributed by atoms with Gasteiger partial charge in [-0.2, -0.15) is 0 Å². The number of aryl methyl sites for hydroxylation is 1. The summed E-state index contributed by atoms with van der Waals surface area (Å²) in [5.41, 5.74) is 3.98. The standard InChI is InChI=1S/C14H19NO2S/c1-11-7-6-10-13(12-8-4-3-5-9-12)14(11)15-18(2,16)17/h6-8,10,15H,3-5,9H2,1-2H3. The van der Waals surface area contributed by atoms with Gasteiger partial charge in [0.05, 0.1) is 11.9 Å². The lowest BCUT2D eigenvalue weighted by atomic mass is 9.92. The predicted octanol–water partition coefficient (Wildman–Crippen LogP) is 3.32. The smallest absolute Gasteiger partial charge is 0.229 e.